The van der Waals surface area contributed by atoms with E-state index in [1.807, 2.05) is 13.8 Å². The Bertz CT molecular complexity index is 121. The van der Waals surface area contributed by atoms with Crippen LogP contribution in [0.4, 0.5) is 0 Å². The molecule has 0 aromatic heterocycles. The summed E-state index contributed by atoms with van der Waals surface area (Å²) in [5.41, 5.74) is 0.872. The smallest absolute Gasteiger partial charge is 0.0292 e. The minimum absolute atomic E-state index is 0.872. The Kier molecular flexibility index (Phi) is 3.20. The third-order valence-corrected chi connectivity index (χ3v) is 3.32. The summed E-state index contributed by atoms with van der Waals surface area (Å²) in [4.78, 5) is 0. The summed E-state index contributed by atoms with van der Waals surface area (Å²) in [5, 5.41) is 0. The molecule has 0 amide bonds. The van der Waals surface area contributed by atoms with Crippen LogP contribution in [0.5, 0.6) is 0 Å². The SMILES string of the molecule is CC.CC1CC(C)CC2(CC2)C1. The molecule has 2 aliphatic rings. The van der Waals surface area contributed by atoms with Crippen LogP contribution in [-0.4, -0.2) is 0 Å². The van der Waals surface area contributed by atoms with Gasteiger partial charge in [-0.1, -0.05) is 27.7 Å². The van der Waals surface area contributed by atoms with Crippen molar-refractivity contribution in [1.29, 1.82) is 0 Å². The second-order valence-corrected chi connectivity index (χ2v) is 4.85. The minimum atomic E-state index is 0.872. The molecule has 12 heavy (non-hydrogen) atoms. The predicted octanol–water partition coefficient (Wildman–Crippen LogP) is 4.25. The molecule has 0 heteroatoms. The van der Waals surface area contributed by atoms with Crippen LogP contribution in [-0.2, 0) is 0 Å². The zero-order valence-corrected chi connectivity index (χ0v) is 9.19. The molecule has 0 bridgehead atoms. The van der Waals surface area contributed by atoms with Gasteiger partial charge in [-0.05, 0) is 49.4 Å². The Balaban J connectivity index is 0.000000336. The van der Waals surface area contributed by atoms with Crippen LogP contribution in [0, 0.1) is 17.3 Å². The van der Waals surface area contributed by atoms with E-state index in [0.717, 1.165) is 17.3 Å². The zero-order valence-electron chi connectivity index (χ0n) is 9.19. The van der Waals surface area contributed by atoms with Crippen LogP contribution in [0.1, 0.15) is 59.8 Å². The van der Waals surface area contributed by atoms with Gasteiger partial charge in [0.15, 0.2) is 0 Å². The van der Waals surface area contributed by atoms with Gasteiger partial charge in [-0.25, -0.2) is 0 Å². The molecule has 72 valence electrons. The fraction of sp³-hybridized carbons (Fsp3) is 1.00. The molecule has 2 atom stereocenters. The Hall–Kier alpha value is 0. The molecular weight excluding hydrogens is 144 g/mol. The van der Waals surface area contributed by atoms with Crippen molar-refractivity contribution in [3.63, 3.8) is 0 Å². The summed E-state index contributed by atoms with van der Waals surface area (Å²) in [6.45, 7) is 8.85. The van der Waals surface area contributed by atoms with Crippen LogP contribution >= 0.6 is 0 Å². The second-order valence-electron chi connectivity index (χ2n) is 4.85. The number of hydrogen-bond acceptors (Lipinski definition) is 0. The quantitative estimate of drug-likeness (QED) is 0.507. The lowest BCUT2D eigenvalue weighted by atomic mass is 9.75. The van der Waals surface area contributed by atoms with Gasteiger partial charge in [0.25, 0.3) is 0 Å². The first-order valence-electron chi connectivity index (χ1n) is 5.70. The van der Waals surface area contributed by atoms with Gasteiger partial charge in [-0.15, -0.1) is 0 Å². The first-order chi connectivity index (χ1) is 5.70. The van der Waals surface area contributed by atoms with E-state index >= 15 is 0 Å². The standard InChI is InChI=1S/C10H18.C2H6/c1-8-5-9(2)7-10(6-8)3-4-10;1-2/h8-9H,3-7H2,1-2H3;1-2H3. The highest BCUT2D eigenvalue weighted by Gasteiger charge is 2.46. The lowest BCUT2D eigenvalue weighted by molar-refractivity contribution is 0.201. The molecule has 0 aliphatic heterocycles. The highest BCUT2D eigenvalue weighted by atomic mass is 14.5. The van der Waals surface area contributed by atoms with Crippen LogP contribution in [0.15, 0.2) is 0 Å². The molecule has 0 nitrogen and oxygen atoms in total. The first-order valence-corrected chi connectivity index (χ1v) is 5.70. The molecule has 2 saturated carbocycles. The van der Waals surface area contributed by atoms with Crippen LogP contribution in [0.3, 0.4) is 0 Å². The first kappa shape index (κ1) is 10.1. The molecule has 0 aromatic carbocycles. The predicted molar refractivity (Wildman–Crippen MR) is 55.2 cm³/mol. The van der Waals surface area contributed by atoms with E-state index in [1.54, 1.807) is 12.8 Å². The Morgan fingerprint density at radius 3 is 1.67 bits per heavy atom. The average molecular weight is 168 g/mol. The van der Waals surface area contributed by atoms with Gasteiger partial charge in [-0.3, -0.25) is 0 Å². The summed E-state index contributed by atoms with van der Waals surface area (Å²) >= 11 is 0. The molecule has 0 heterocycles. The molecule has 2 rings (SSSR count). The van der Waals surface area contributed by atoms with Gasteiger partial charge in [0.1, 0.15) is 0 Å². The molecule has 0 N–H and O–H groups in total. The zero-order chi connectivity index (χ0) is 9.19. The van der Waals surface area contributed by atoms with E-state index in [2.05, 4.69) is 13.8 Å². The lowest BCUT2D eigenvalue weighted by Gasteiger charge is -2.31. The summed E-state index contributed by atoms with van der Waals surface area (Å²) in [6, 6.07) is 0. The normalized spacial score (nSPS) is 37.0. The Morgan fingerprint density at radius 2 is 1.33 bits per heavy atom. The molecule has 1 spiro atoms. The Morgan fingerprint density at radius 1 is 0.917 bits per heavy atom. The van der Waals surface area contributed by atoms with Gasteiger partial charge >= 0.3 is 0 Å². The van der Waals surface area contributed by atoms with Crippen LogP contribution in [0.2, 0.25) is 0 Å². The van der Waals surface area contributed by atoms with Crippen molar-refractivity contribution in [3.05, 3.63) is 0 Å². The summed E-state index contributed by atoms with van der Waals surface area (Å²) in [7, 11) is 0. The van der Waals surface area contributed by atoms with E-state index < -0.39 is 0 Å². The summed E-state index contributed by atoms with van der Waals surface area (Å²) in [6.07, 6.45) is 7.65. The molecular formula is C12H24. The van der Waals surface area contributed by atoms with Crippen molar-refractivity contribution in [2.75, 3.05) is 0 Å². The van der Waals surface area contributed by atoms with Gasteiger partial charge in [-0.2, -0.15) is 0 Å². The third-order valence-electron chi connectivity index (χ3n) is 3.32. The average Bonchev–Trinajstić information content (AvgIpc) is 2.70. The van der Waals surface area contributed by atoms with Crippen molar-refractivity contribution >= 4 is 0 Å². The highest BCUT2D eigenvalue weighted by molar-refractivity contribution is 4.97. The van der Waals surface area contributed by atoms with E-state index in [1.165, 1.54) is 19.3 Å². The fourth-order valence-corrected chi connectivity index (χ4v) is 3.00. The minimum Gasteiger partial charge on any atom is -0.0683 e. The van der Waals surface area contributed by atoms with E-state index in [0.29, 0.717) is 0 Å². The molecule has 2 aliphatic carbocycles. The fourth-order valence-electron chi connectivity index (χ4n) is 3.00. The van der Waals surface area contributed by atoms with Crippen molar-refractivity contribution in [2.45, 2.75) is 59.8 Å². The van der Waals surface area contributed by atoms with E-state index in [-0.39, 0.29) is 0 Å². The van der Waals surface area contributed by atoms with Crippen molar-refractivity contribution in [1.82, 2.24) is 0 Å². The molecule has 0 radical (unpaired) electrons. The monoisotopic (exact) mass is 168 g/mol. The van der Waals surface area contributed by atoms with Gasteiger partial charge in [0.05, 0.1) is 0 Å². The van der Waals surface area contributed by atoms with Gasteiger partial charge < -0.3 is 0 Å². The molecule has 0 aromatic rings. The summed E-state index contributed by atoms with van der Waals surface area (Å²) < 4.78 is 0. The lowest BCUT2D eigenvalue weighted by Crippen LogP contribution is -2.20. The van der Waals surface area contributed by atoms with E-state index in [9.17, 15) is 0 Å². The van der Waals surface area contributed by atoms with Crippen molar-refractivity contribution in [3.8, 4) is 0 Å². The van der Waals surface area contributed by atoms with Crippen LogP contribution in [0.25, 0.3) is 0 Å². The summed E-state index contributed by atoms with van der Waals surface area (Å²) in [5.74, 6) is 2.04. The van der Waals surface area contributed by atoms with Crippen LogP contribution < -0.4 is 0 Å². The molecule has 2 fully saturated rings. The molecule has 2 unspecified atom stereocenters. The topological polar surface area (TPSA) is 0 Å². The van der Waals surface area contributed by atoms with Crippen molar-refractivity contribution < 1.29 is 0 Å². The number of rotatable bonds is 0. The molecule has 0 saturated heterocycles. The van der Waals surface area contributed by atoms with Gasteiger partial charge in [0, 0.05) is 0 Å². The maximum atomic E-state index is 2.43. The Labute approximate surface area is 77.7 Å². The maximum absolute atomic E-state index is 2.43. The van der Waals surface area contributed by atoms with E-state index in [4.69, 9.17) is 0 Å². The second kappa shape index (κ2) is 3.81. The highest BCUT2D eigenvalue weighted by Crippen LogP contribution is 2.58. The van der Waals surface area contributed by atoms with Gasteiger partial charge in [0.2, 0.25) is 0 Å². The maximum Gasteiger partial charge on any atom is -0.0292 e. The third kappa shape index (κ3) is 2.24. The van der Waals surface area contributed by atoms with Crippen molar-refractivity contribution in [2.24, 2.45) is 17.3 Å². The number of hydrogen-bond donors (Lipinski definition) is 0. The largest absolute Gasteiger partial charge is 0.0683 e.